The molecule has 0 saturated carbocycles. The highest BCUT2D eigenvalue weighted by molar-refractivity contribution is 7.71. The third-order valence-corrected chi connectivity index (χ3v) is 7.13. The van der Waals surface area contributed by atoms with Crippen molar-refractivity contribution in [1.29, 1.82) is 0 Å². The summed E-state index contributed by atoms with van der Waals surface area (Å²) in [6.45, 7) is 0. The molecule has 15 heteroatoms. The van der Waals surface area contributed by atoms with Crippen LogP contribution in [0, 0.1) is 0 Å². The van der Waals surface area contributed by atoms with E-state index in [2.05, 4.69) is 0 Å². The van der Waals surface area contributed by atoms with E-state index in [1.165, 1.54) is 0 Å². The summed E-state index contributed by atoms with van der Waals surface area (Å²) >= 11 is 0. The molecule has 40 heavy (non-hydrogen) atoms. The van der Waals surface area contributed by atoms with Gasteiger partial charge in [0.15, 0.2) is 11.6 Å². The SMILES string of the molecule is COc1cc(OC)c(C(=O)P(=O)(O)O)c(OC)c1C(=O)P(=O)(O)O.O=C1c2cccc1c2C(=O)c1ccccc1. The van der Waals surface area contributed by atoms with E-state index < -0.39 is 54.6 Å². The van der Waals surface area contributed by atoms with E-state index in [9.17, 15) is 28.3 Å². The Morgan fingerprint density at radius 2 is 1.27 bits per heavy atom. The van der Waals surface area contributed by atoms with Gasteiger partial charge in [-0.25, -0.2) is 0 Å². The van der Waals surface area contributed by atoms with Gasteiger partial charge in [-0.2, -0.15) is 0 Å². The normalized spacial score (nSPS) is 13.9. The van der Waals surface area contributed by atoms with E-state index in [1.807, 2.05) is 18.2 Å². The molecule has 0 heterocycles. The fourth-order valence-electron chi connectivity index (χ4n) is 3.83. The minimum absolute atomic E-state index is 0.0122. The lowest BCUT2D eigenvalue weighted by Gasteiger charge is -2.25. The van der Waals surface area contributed by atoms with Crippen molar-refractivity contribution in [3.05, 3.63) is 88.0 Å². The molecule has 2 aromatic rings. The van der Waals surface area contributed by atoms with Crippen LogP contribution in [-0.2, 0) is 13.9 Å². The van der Waals surface area contributed by atoms with Gasteiger partial charge in [0.1, 0.15) is 28.4 Å². The van der Waals surface area contributed by atoms with E-state index in [4.69, 9.17) is 33.8 Å². The number of ketones is 2. The quantitative estimate of drug-likeness (QED) is 0.244. The van der Waals surface area contributed by atoms with Gasteiger partial charge in [0.05, 0.1) is 21.3 Å². The van der Waals surface area contributed by atoms with Crippen LogP contribution in [0.3, 0.4) is 0 Å². The summed E-state index contributed by atoms with van der Waals surface area (Å²) in [7, 11) is -7.58. The summed E-state index contributed by atoms with van der Waals surface area (Å²) in [4.78, 5) is 83.8. The molecule has 2 aliphatic rings. The molecule has 0 radical (unpaired) electrons. The summed E-state index contributed by atoms with van der Waals surface area (Å²) < 4.78 is 37.0. The van der Waals surface area contributed by atoms with Crippen molar-refractivity contribution in [1.82, 2.24) is 0 Å². The van der Waals surface area contributed by atoms with Crippen LogP contribution in [0.25, 0.3) is 0 Å². The average molecular weight is 592 g/mol. The molecule has 2 bridgehead atoms. The Bertz CT molecular complexity index is 1540. The summed E-state index contributed by atoms with van der Waals surface area (Å²) in [6.07, 6.45) is 5.20. The summed E-state index contributed by atoms with van der Waals surface area (Å²) in [5.41, 5.74) is -2.89. The van der Waals surface area contributed by atoms with E-state index in [0.29, 0.717) is 22.3 Å². The van der Waals surface area contributed by atoms with Gasteiger partial charge in [-0.05, 0) is 0 Å². The first-order valence-corrected chi connectivity index (χ1v) is 14.2. The second-order valence-corrected chi connectivity index (χ2v) is 11.0. The van der Waals surface area contributed by atoms with Crippen molar-refractivity contribution in [2.75, 3.05) is 21.3 Å². The number of carbonyl (C=O) groups excluding carboxylic acids is 4. The molecule has 210 valence electrons. The van der Waals surface area contributed by atoms with Crippen LogP contribution in [0.2, 0.25) is 0 Å². The van der Waals surface area contributed by atoms with Gasteiger partial charge in [0.25, 0.3) is 11.0 Å². The molecule has 0 saturated heterocycles. The first kappa shape index (κ1) is 30.6. The number of hydrogen-bond donors (Lipinski definition) is 4. The fraction of sp³-hybridized carbons (Fsp3) is 0.120. The van der Waals surface area contributed by atoms with E-state index >= 15 is 0 Å². The van der Waals surface area contributed by atoms with Gasteiger partial charge >= 0.3 is 15.2 Å². The van der Waals surface area contributed by atoms with Gasteiger partial charge in [-0.15, -0.1) is 0 Å². The van der Waals surface area contributed by atoms with Gasteiger partial charge in [-0.1, -0.05) is 48.6 Å². The predicted octanol–water partition coefficient (Wildman–Crippen LogP) is 2.59. The lowest BCUT2D eigenvalue weighted by molar-refractivity contribution is -0.112. The van der Waals surface area contributed by atoms with Crippen molar-refractivity contribution in [3.63, 3.8) is 0 Å². The van der Waals surface area contributed by atoms with Crippen molar-refractivity contribution in [3.8, 4) is 17.2 Å². The molecular formula is C25H22O13P2. The Kier molecular flexibility index (Phi) is 8.90. The number of rotatable bonds is 9. The van der Waals surface area contributed by atoms with Gasteiger partial charge in [-0.3, -0.25) is 28.3 Å². The van der Waals surface area contributed by atoms with E-state index in [1.54, 1.807) is 30.4 Å². The van der Waals surface area contributed by atoms with Gasteiger partial charge < -0.3 is 33.8 Å². The molecular weight excluding hydrogens is 570 g/mol. The topological polar surface area (TPSA) is 211 Å². The maximum Gasteiger partial charge on any atom is 0.396 e. The smallest absolute Gasteiger partial charge is 0.396 e. The second kappa shape index (κ2) is 11.6. The zero-order valence-electron chi connectivity index (χ0n) is 21.1. The van der Waals surface area contributed by atoms with E-state index in [0.717, 1.165) is 27.4 Å². The highest BCUT2D eigenvalue weighted by atomic mass is 31.2. The van der Waals surface area contributed by atoms with Crippen molar-refractivity contribution in [2.24, 2.45) is 0 Å². The molecule has 0 atom stereocenters. The largest absolute Gasteiger partial charge is 0.496 e. The number of Topliss-reactive ketones (excluding diaryl/α,β-unsaturated/α-hetero) is 2. The first-order chi connectivity index (χ1) is 18.7. The Balaban J connectivity index is 0.000000236. The molecule has 0 aliphatic heterocycles. The second-order valence-electron chi connectivity index (χ2n) is 8.02. The Morgan fingerprint density at radius 3 is 1.62 bits per heavy atom. The zero-order valence-corrected chi connectivity index (χ0v) is 22.8. The van der Waals surface area contributed by atoms with Crippen LogP contribution >= 0.6 is 15.2 Å². The van der Waals surface area contributed by atoms with Crippen molar-refractivity contribution < 1.29 is 62.1 Å². The Hall–Kier alpha value is -3.96. The van der Waals surface area contributed by atoms with Crippen LogP contribution in [0.1, 0.15) is 31.1 Å². The monoisotopic (exact) mass is 592 g/mol. The van der Waals surface area contributed by atoms with Crippen LogP contribution in [-0.4, -0.2) is 63.5 Å². The minimum Gasteiger partial charge on any atom is -0.496 e. The number of carbonyl (C=O) groups is 4. The summed E-state index contributed by atoms with van der Waals surface area (Å²) in [6, 6.07) is 9.91. The Labute approximate surface area is 226 Å². The van der Waals surface area contributed by atoms with Gasteiger partial charge in [0.2, 0.25) is 0 Å². The van der Waals surface area contributed by atoms with Crippen molar-refractivity contribution >= 4 is 37.8 Å². The van der Waals surface area contributed by atoms with Crippen LogP contribution in [0.4, 0.5) is 0 Å². The molecule has 4 N–H and O–H groups in total. The maximum absolute atomic E-state index is 12.1. The molecule has 0 unspecified atom stereocenters. The Morgan fingerprint density at radius 1 is 0.775 bits per heavy atom. The van der Waals surface area contributed by atoms with Crippen LogP contribution in [0.5, 0.6) is 17.2 Å². The standard InChI is InChI=1S/C14H8O2.C11H14O11P2/c15-13(9-5-2-1-3-6-9)12-10-7-4-8-11(12)14(10)16;1-20-5-4-6(21-2)8(11(13)24(17,18)19)9(22-3)7(5)10(12)23(14,15)16/h1-8H;4H,1-3H3,(H2,14,15,16)(H2,17,18,19). The number of fused-ring (bicyclic) bond motifs is 2. The predicted molar refractivity (Wildman–Crippen MR) is 139 cm³/mol. The molecule has 0 amide bonds. The van der Waals surface area contributed by atoms with E-state index in [-0.39, 0.29) is 11.6 Å². The first-order valence-electron chi connectivity index (χ1n) is 11.0. The molecule has 13 nitrogen and oxygen atoms in total. The number of ether oxygens (including phenoxy) is 3. The number of allylic oxidation sites excluding steroid dienone is 6. The highest BCUT2D eigenvalue weighted by Crippen LogP contribution is 2.51. The zero-order chi connectivity index (χ0) is 30.0. The highest BCUT2D eigenvalue weighted by Gasteiger charge is 2.41. The lowest BCUT2D eigenvalue weighted by Crippen LogP contribution is -2.28. The molecule has 4 rings (SSSR count). The van der Waals surface area contributed by atoms with Gasteiger partial charge in [0, 0.05) is 28.3 Å². The maximum atomic E-state index is 12.1. The third-order valence-electron chi connectivity index (χ3n) is 5.63. The molecule has 0 spiro atoms. The average Bonchev–Trinajstić information content (AvgIpc) is 2.94. The molecule has 2 aromatic carbocycles. The number of hydrogen-bond acceptors (Lipinski definition) is 9. The summed E-state index contributed by atoms with van der Waals surface area (Å²) in [5.74, 6) is -1.70. The summed E-state index contributed by atoms with van der Waals surface area (Å²) in [5, 5.41) is 0. The lowest BCUT2D eigenvalue weighted by atomic mass is 9.75. The fourth-order valence-corrected chi connectivity index (χ4v) is 4.83. The van der Waals surface area contributed by atoms with Crippen LogP contribution < -0.4 is 14.2 Å². The molecule has 2 aliphatic carbocycles. The third kappa shape index (κ3) is 5.80. The number of methoxy groups -OCH3 is 3. The minimum atomic E-state index is -5.32. The van der Waals surface area contributed by atoms with Crippen molar-refractivity contribution in [2.45, 2.75) is 0 Å². The molecule has 0 fully saturated rings. The molecule has 0 aromatic heterocycles. The van der Waals surface area contributed by atoms with Crippen LogP contribution in [0.15, 0.2) is 71.3 Å². The number of benzene rings is 2.